The quantitative estimate of drug-likeness (QED) is 0.691. The van der Waals surface area contributed by atoms with Crippen LogP contribution in [0.5, 0.6) is 0 Å². The molecule has 0 N–H and O–H groups in total. The molecule has 0 fully saturated rings. The third-order valence-corrected chi connectivity index (χ3v) is 2.22. The van der Waals surface area contributed by atoms with E-state index in [-0.39, 0.29) is 5.82 Å². The summed E-state index contributed by atoms with van der Waals surface area (Å²) in [7, 11) is 1.76. The summed E-state index contributed by atoms with van der Waals surface area (Å²) in [5.74, 6) is -0.310. The van der Waals surface area contributed by atoms with E-state index in [0.717, 1.165) is 5.52 Å². The number of halogens is 2. The van der Waals surface area contributed by atoms with Crippen LogP contribution in [0.3, 0.4) is 0 Å². The maximum atomic E-state index is 12.8. The zero-order valence-electron chi connectivity index (χ0n) is 6.25. The number of nitrogens with zero attached hydrogens (tertiary/aromatic N) is 3. The van der Waals surface area contributed by atoms with Gasteiger partial charge in [-0.3, -0.25) is 0 Å². The molecule has 0 atom stereocenters. The molecule has 1 aromatic carbocycles. The molecule has 0 aliphatic rings. The van der Waals surface area contributed by atoms with Crippen molar-refractivity contribution in [2.24, 2.45) is 7.05 Å². The van der Waals surface area contributed by atoms with Crippen LogP contribution in [0.15, 0.2) is 16.6 Å². The van der Waals surface area contributed by atoms with Gasteiger partial charge in [0.05, 0.1) is 0 Å². The van der Waals surface area contributed by atoms with Crippen LogP contribution in [0, 0.1) is 5.82 Å². The van der Waals surface area contributed by atoms with Crippen molar-refractivity contribution in [2.75, 3.05) is 0 Å². The summed E-state index contributed by atoms with van der Waals surface area (Å²) >= 11 is 3.24. The molecular weight excluding hydrogens is 225 g/mol. The van der Waals surface area contributed by atoms with E-state index in [1.54, 1.807) is 11.7 Å². The second-order valence-electron chi connectivity index (χ2n) is 2.47. The molecule has 5 heteroatoms. The van der Waals surface area contributed by atoms with Crippen LogP contribution in [0.25, 0.3) is 11.0 Å². The van der Waals surface area contributed by atoms with Crippen molar-refractivity contribution in [3.63, 3.8) is 0 Å². The molecule has 0 spiro atoms. The van der Waals surface area contributed by atoms with Gasteiger partial charge in [-0.2, -0.15) is 0 Å². The van der Waals surface area contributed by atoms with Gasteiger partial charge in [0, 0.05) is 17.6 Å². The van der Waals surface area contributed by atoms with Gasteiger partial charge in [-0.05, 0) is 22.0 Å². The van der Waals surface area contributed by atoms with E-state index in [4.69, 9.17) is 0 Å². The Bertz CT molecular complexity index is 437. The van der Waals surface area contributed by atoms with E-state index in [9.17, 15) is 4.39 Å². The number of rotatable bonds is 0. The Hall–Kier alpha value is -0.970. The fraction of sp³-hybridized carbons (Fsp3) is 0.143. The van der Waals surface area contributed by atoms with Crippen LogP contribution in [-0.4, -0.2) is 15.0 Å². The SMILES string of the molecule is Cn1nnc2cc(F)cc(Br)c21. The molecule has 2 aromatic rings. The fourth-order valence-corrected chi connectivity index (χ4v) is 1.79. The Morgan fingerprint density at radius 2 is 2.25 bits per heavy atom. The monoisotopic (exact) mass is 229 g/mol. The molecule has 3 nitrogen and oxygen atoms in total. The summed E-state index contributed by atoms with van der Waals surface area (Å²) in [6.07, 6.45) is 0. The Morgan fingerprint density at radius 1 is 1.50 bits per heavy atom. The normalized spacial score (nSPS) is 10.9. The summed E-state index contributed by atoms with van der Waals surface area (Å²) in [5.41, 5.74) is 1.36. The zero-order valence-corrected chi connectivity index (χ0v) is 7.84. The minimum atomic E-state index is -0.310. The van der Waals surface area contributed by atoms with Crippen LogP contribution < -0.4 is 0 Å². The lowest BCUT2D eigenvalue weighted by Crippen LogP contribution is -1.90. The molecule has 0 saturated heterocycles. The highest BCUT2D eigenvalue weighted by molar-refractivity contribution is 9.10. The number of fused-ring (bicyclic) bond motifs is 1. The second kappa shape index (κ2) is 2.52. The maximum Gasteiger partial charge on any atom is 0.126 e. The Balaban J connectivity index is 2.93. The lowest BCUT2D eigenvalue weighted by atomic mass is 10.3. The molecule has 0 bridgehead atoms. The summed E-state index contributed by atoms with van der Waals surface area (Å²) in [5, 5.41) is 7.55. The molecule has 0 saturated carbocycles. The van der Waals surface area contributed by atoms with Crippen LogP contribution >= 0.6 is 15.9 Å². The fourth-order valence-electron chi connectivity index (χ4n) is 1.11. The van der Waals surface area contributed by atoms with Crippen LogP contribution in [0.1, 0.15) is 0 Å². The van der Waals surface area contributed by atoms with Gasteiger partial charge in [0.2, 0.25) is 0 Å². The van der Waals surface area contributed by atoms with E-state index in [0.29, 0.717) is 9.99 Å². The predicted octanol–water partition coefficient (Wildman–Crippen LogP) is 1.87. The standard InChI is InChI=1S/C7H5BrFN3/c1-12-7-5(8)2-4(9)3-6(7)10-11-12/h2-3H,1H3. The Kier molecular flexibility index (Phi) is 1.61. The van der Waals surface area contributed by atoms with Gasteiger partial charge in [0.15, 0.2) is 0 Å². The molecule has 2 rings (SSSR count). The third-order valence-electron chi connectivity index (χ3n) is 1.62. The summed E-state index contributed by atoms with van der Waals surface area (Å²) < 4.78 is 15.1. The largest absolute Gasteiger partial charge is 0.247 e. The van der Waals surface area contributed by atoms with E-state index < -0.39 is 0 Å². The van der Waals surface area contributed by atoms with Gasteiger partial charge < -0.3 is 0 Å². The van der Waals surface area contributed by atoms with Crippen molar-refractivity contribution >= 4 is 27.0 Å². The van der Waals surface area contributed by atoms with Crippen molar-refractivity contribution in [1.29, 1.82) is 0 Å². The zero-order chi connectivity index (χ0) is 8.72. The molecule has 0 unspecified atom stereocenters. The highest BCUT2D eigenvalue weighted by atomic mass is 79.9. The lowest BCUT2D eigenvalue weighted by Gasteiger charge is -1.95. The molecule has 12 heavy (non-hydrogen) atoms. The summed E-state index contributed by atoms with van der Waals surface area (Å²) in [6.45, 7) is 0. The van der Waals surface area contributed by atoms with Crippen molar-refractivity contribution in [3.8, 4) is 0 Å². The second-order valence-corrected chi connectivity index (χ2v) is 3.32. The molecule has 0 aliphatic carbocycles. The minimum absolute atomic E-state index is 0.310. The molecule has 1 aromatic heterocycles. The highest BCUT2D eigenvalue weighted by Gasteiger charge is 2.06. The smallest absolute Gasteiger partial charge is 0.126 e. The first-order chi connectivity index (χ1) is 5.68. The molecule has 62 valence electrons. The number of hydrogen-bond donors (Lipinski definition) is 0. The number of benzene rings is 1. The van der Waals surface area contributed by atoms with E-state index >= 15 is 0 Å². The number of aryl methyl sites for hydroxylation is 1. The third kappa shape index (κ3) is 1.01. The molecule has 1 heterocycles. The first kappa shape index (κ1) is 7.67. The van der Waals surface area contributed by atoms with Crippen LogP contribution in [0.4, 0.5) is 4.39 Å². The van der Waals surface area contributed by atoms with Crippen molar-refractivity contribution in [2.45, 2.75) is 0 Å². The van der Waals surface area contributed by atoms with Crippen LogP contribution in [0.2, 0.25) is 0 Å². The predicted molar refractivity (Wildman–Crippen MR) is 46.2 cm³/mol. The average molecular weight is 230 g/mol. The summed E-state index contributed by atoms with van der Waals surface area (Å²) in [4.78, 5) is 0. The Labute approximate surface area is 76.3 Å². The van der Waals surface area contributed by atoms with E-state index in [1.165, 1.54) is 12.1 Å². The van der Waals surface area contributed by atoms with E-state index in [2.05, 4.69) is 26.2 Å². The highest BCUT2D eigenvalue weighted by Crippen LogP contribution is 2.22. The topological polar surface area (TPSA) is 30.7 Å². The number of aromatic nitrogens is 3. The van der Waals surface area contributed by atoms with Gasteiger partial charge in [0.25, 0.3) is 0 Å². The lowest BCUT2D eigenvalue weighted by molar-refractivity contribution is 0.628. The minimum Gasteiger partial charge on any atom is -0.247 e. The van der Waals surface area contributed by atoms with Crippen molar-refractivity contribution in [1.82, 2.24) is 15.0 Å². The van der Waals surface area contributed by atoms with Crippen LogP contribution in [-0.2, 0) is 7.05 Å². The van der Waals surface area contributed by atoms with Crippen molar-refractivity contribution < 1.29 is 4.39 Å². The average Bonchev–Trinajstić information content (AvgIpc) is 2.31. The molecule has 0 amide bonds. The molecule has 0 radical (unpaired) electrons. The molecular formula is C7H5BrFN3. The first-order valence-corrected chi connectivity index (χ1v) is 4.12. The molecule has 0 aliphatic heterocycles. The van der Waals surface area contributed by atoms with Crippen molar-refractivity contribution in [3.05, 3.63) is 22.4 Å². The van der Waals surface area contributed by atoms with Gasteiger partial charge in [-0.15, -0.1) is 5.10 Å². The first-order valence-electron chi connectivity index (χ1n) is 3.33. The summed E-state index contributed by atoms with van der Waals surface area (Å²) in [6, 6.07) is 2.75. The van der Waals surface area contributed by atoms with Gasteiger partial charge in [0.1, 0.15) is 16.9 Å². The maximum absolute atomic E-state index is 12.8. The Morgan fingerprint density at radius 3 is 3.00 bits per heavy atom. The van der Waals surface area contributed by atoms with Gasteiger partial charge in [-0.1, -0.05) is 5.21 Å². The van der Waals surface area contributed by atoms with E-state index in [1.807, 2.05) is 0 Å². The number of hydrogen-bond acceptors (Lipinski definition) is 2. The van der Waals surface area contributed by atoms with Gasteiger partial charge in [-0.25, -0.2) is 9.07 Å². The van der Waals surface area contributed by atoms with Gasteiger partial charge >= 0.3 is 0 Å².